The predicted molar refractivity (Wildman–Crippen MR) is 94.9 cm³/mol. The van der Waals surface area contributed by atoms with Gasteiger partial charge in [0, 0.05) is 44.0 Å². The number of hydrogen-bond acceptors (Lipinski definition) is 5. The van der Waals surface area contributed by atoms with Crippen molar-refractivity contribution in [2.45, 2.75) is 52.2 Å². The van der Waals surface area contributed by atoms with Crippen molar-refractivity contribution in [2.75, 3.05) is 24.5 Å². The summed E-state index contributed by atoms with van der Waals surface area (Å²) in [5.74, 6) is 0. The Morgan fingerprint density at radius 3 is 2.48 bits per heavy atom. The second kappa shape index (κ2) is 6.54. The Morgan fingerprint density at radius 1 is 1.20 bits per heavy atom. The van der Waals surface area contributed by atoms with Crippen LogP contribution in [0.25, 0.3) is 0 Å². The lowest BCUT2D eigenvalue weighted by Gasteiger charge is -2.33. The van der Waals surface area contributed by atoms with Gasteiger partial charge in [0.15, 0.2) is 0 Å². The Morgan fingerprint density at radius 2 is 1.88 bits per heavy atom. The van der Waals surface area contributed by atoms with Crippen molar-refractivity contribution >= 4 is 17.5 Å². The zero-order valence-electron chi connectivity index (χ0n) is 15.1. The third kappa shape index (κ3) is 3.86. The van der Waals surface area contributed by atoms with E-state index in [0.29, 0.717) is 19.5 Å². The van der Waals surface area contributed by atoms with Crippen LogP contribution in [-0.4, -0.2) is 41.2 Å². The number of fused-ring (bicyclic) bond motifs is 1. The summed E-state index contributed by atoms with van der Waals surface area (Å²) >= 11 is 0. The summed E-state index contributed by atoms with van der Waals surface area (Å²) in [6.07, 6.45) is 2.55. The van der Waals surface area contributed by atoms with E-state index in [9.17, 15) is 14.9 Å². The molecular weight excluding hydrogens is 322 g/mol. The summed E-state index contributed by atoms with van der Waals surface area (Å²) < 4.78 is 5.44. The number of nitro benzene ring substituents is 1. The number of nitrogens with zero attached hydrogens (tertiary/aromatic N) is 3. The number of carbonyl (C=O) groups excluding carboxylic acids is 1. The van der Waals surface area contributed by atoms with Crippen LogP contribution in [0.5, 0.6) is 0 Å². The van der Waals surface area contributed by atoms with Crippen LogP contribution in [0.1, 0.15) is 44.7 Å². The fourth-order valence-electron chi connectivity index (χ4n) is 3.49. The number of hydrogen-bond donors (Lipinski definition) is 0. The number of rotatable bonds is 2. The highest BCUT2D eigenvalue weighted by Gasteiger charge is 2.30. The fraction of sp³-hybridized carbons (Fsp3) is 0.611. The molecule has 0 unspecified atom stereocenters. The minimum absolute atomic E-state index is 0.0895. The summed E-state index contributed by atoms with van der Waals surface area (Å²) in [6.45, 7) is 8.29. The zero-order chi connectivity index (χ0) is 18.2. The summed E-state index contributed by atoms with van der Waals surface area (Å²) in [4.78, 5) is 27.2. The topological polar surface area (TPSA) is 75.9 Å². The molecule has 0 N–H and O–H groups in total. The minimum Gasteiger partial charge on any atom is -0.444 e. The smallest absolute Gasteiger partial charge is 0.410 e. The van der Waals surface area contributed by atoms with Crippen LogP contribution in [0.3, 0.4) is 0 Å². The molecule has 25 heavy (non-hydrogen) atoms. The summed E-state index contributed by atoms with van der Waals surface area (Å²) in [7, 11) is 0. The number of nitro groups is 1. The Hall–Kier alpha value is -2.31. The molecule has 0 bridgehead atoms. The highest BCUT2D eigenvalue weighted by molar-refractivity contribution is 5.70. The largest absolute Gasteiger partial charge is 0.444 e. The van der Waals surface area contributed by atoms with Gasteiger partial charge in [-0.25, -0.2) is 4.79 Å². The Labute approximate surface area is 147 Å². The van der Waals surface area contributed by atoms with Gasteiger partial charge >= 0.3 is 6.09 Å². The van der Waals surface area contributed by atoms with E-state index in [0.717, 1.165) is 42.7 Å². The van der Waals surface area contributed by atoms with E-state index in [4.69, 9.17) is 4.74 Å². The SMILES string of the molecule is CC(C)(C)OC(=O)N1CCc2c(cc([N+](=O)[O-])cc2N2CCCC2)C1. The van der Waals surface area contributed by atoms with Gasteiger partial charge in [-0.2, -0.15) is 0 Å². The number of amides is 1. The van der Waals surface area contributed by atoms with E-state index >= 15 is 0 Å². The van der Waals surface area contributed by atoms with Crippen molar-refractivity contribution in [1.29, 1.82) is 0 Å². The van der Waals surface area contributed by atoms with Crippen molar-refractivity contribution in [3.8, 4) is 0 Å². The molecule has 0 atom stereocenters. The van der Waals surface area contributed by atoms with Gasteiger partial charge in [0.05, 0.1) is 4.92 Å². The second-order valence-corrected chi connectivity index (χ2v) is 7.71. The molecule has 7 heteroatoms. The molecular formula is C18H25N3O4. The van der Waals surface area contributed by atoms with E-state index in [2.05, 4.69) is 4.90 Å². The first-order valence-electron chi connectivity index (χ1n) is 8.78. The van der Waals surface area contributed by atoms with E-state index < -0.39 is 5.60 Å². The lowest BCUT2D eigenvalue weighted by Crippen LogP contribution is -2.40. The normalized spacial score (nSPS) is 17.4. The third-order valence-electron chi connectivity index (χ3n) is 4.61. The standard InChI is InChI=1S/C18H25N3O4/c1-18(2,3)25-17(22)20-9-6-15-13(12-20)10-14(21(23)24)11-16(15)19-7-4-5-8-19/h10-11H,4-9,12H2,1-3H3. The van der Waals surface area contributed by atoms with Crippen molar-refractivity contribution in [3.63, 3.8) is 0 Å². The van der Waals surface area contributed by atoms with Crippen LogP contribution in [0.15, 0.2) is 12.1 Å². The number of carbonyl (C=O) groups is 1. The van der Waals surface area contributed by atoms with Gasteiger partial charge in [-0.1, -0.05) is 0 Å². The van der Waals surface area contributed by atoms with Gasteiger partial charge in [-0.05, 0) is 51.2 Å². The summed E-state index contributed by atoms with van der Waals surface area (Å²) in [5, 5.41) is 11.3. The molecule has 136 valence electrons. The monoisotopic (exact) mass is 347 g/mol. The molecule has 0 radical (unpaired) electrons. The molecule has 1 fully saturated rings. The molecule has 1 aromatic rings. The molecule has 3 rings (SSSR count). The highest BCUT2D eigenvalue weighted by Crippen LogP contribution is 2.35. The summed E-state index contributed by atoms with van der Waals surface area (Å²) in [5.41, 5.74) is 2.48. The molecule has 2 heterocycles. The lowest BCUT2D eigenvalue weighted by molar-refractivity contribution is -0.384. The Kier molecular flexibility index (Phi) is 4.58. The summed E-state index contributed by atoms with van der Waals surface area (Å²) in [6, 6.07) is 3.29. The maximum atomic E-state index is 12.3. The van der Waals surface area contributed by atoms with Gasteiger partial charge < -0.3 is 14.5 Å². The number of anilines is 1. The lowest BCUT2D eigenvalue weighted by atomic mass is 9.96. The maximum Gasteiger partial charge on any atom is 0.410 e. The molecule has 0 aliphatic carbocycles. The van der Waals surface area contributed by atoms with E-state index in [1.165, 1.54) is 0 Å². The first kappa shape index (κ1) is 17.5. The van der Waals surface area contributed by atoms with Crippen molar-refractivity contribution < 1.29 is 14.5 Å². The average Bonchev–Trinajstić information content (AvgIpc) is 3.05. The van der Waals surface area contributed by atoms with E-state index in [-0.39, 0.29) is 16.7 Å². The maximum absolute atomic E-state index is 12.3. The molecule has 0 spiro atoms. The first-order valence-corrected chi connectivity index (χ1v) is 8.78. The van der Waals surface area contributed by atoms with Gasteiger partial charge in [0.1, 0.15) is 5.60 Å². The number of non-ortho nitro benzene ring substituents is 1. The van der Waals surface area contributed by atoms with E-state index in [1.807, 2.05) is 20.8 Å². The van der Waals surface area contributed by atoms with E-state index in [1.54, 1.807) is 17.0 Å². The van der Waals surface area contributed by atoms with Crippen LogP contribution >= 0.6 is 0 Å². The Bertz CT molecular complexity index is 690. The van der Waals surface area contributed by atoms with Gasteiger partial charge in [-0.3, -0.25) is 10.1 Å². The molecule has 1 saturated heterocycles. The number of ether oxygens (including phenoxy) is 1. The zero-order valence-corrected chi connectivity index (χ0v) is 15.1. The van der Waals surface area contributed by atoms with Crippen molar-refractivity contribution in [1.82, 2.24) is 4.90 Å². The van der Waals surface area contributed by atoms with Gasteiger partial charge in [-0.15, -0.1) is 0 Å². The fourth-order valence-corrected chi connectivity index (χ4v) is 3.49. The minimum atomic E-state index is -0.555. The molecule has 2 aliphatic rings. The second-order valence-electron chi connectivity index (χ2n) is 7.71. The first-order chi connectivity index (χ1) is 11.7. The molecule has 2 aliphatic heterocycles. The van der Waals surface area contributed by atoms with Crippen LogP contribution in [0.4, 0.5) is 16.2 Å². The quantitative estimate of drug-likeness (QED) is 0.605. The van der Waals surface area contributed by atoms with Crippen LogP contribution in [0, 0.1) is 10.1 Å². The molecule has 0 aromatic heterocycles. The molecule has 0 saturated carbocycles. The predicted octanol–water partition coefficient (Wildman–Crippen LogP) is 3.49. The number of benzene rings is 1. The average molecular weight is 347 g/mol. The van der Waals surface area contributed by atoms with Crippen LogP contribution in [-0.2, 0) is 17.7 Å². The molecule has 7 nitrogen and oxygen atoms in total. The van der Waals surface area contributed by atoms with Gasteiger partial charge in [0.25, 0.3) is 5.69 Å². The van der Waals surface area contributed by atoms with Crippen molar-refractivity contribution in [2.24, 2.45) is 0 Å². The van der Waals surface area contributed by atoms with Crippen LogP contribution < -0.4 is 4.90 Å². The van der Waals surface area contributed by atoms with Gasteiger partial charge in [0.2, 0.25) is 0 Å². The third-order valence-corrected chi connectivity index (χ3v) is 4.61. The van der Waals surface area contributed by atoms with Crippen molar-refractivity contribution in [3.05, 3.63) is 33.4 Å². The van der Waals surface area contributed by atoms with Crippen LogP contribution in [0.2, 0.25) is 0 Å². The molecule has 1 amide bonds. The highest BCUT2D eigenvalue weighted by atomic mass is 16.6. The Balaban J connectivity index is 1.90. The molecule has 1 aromatic carbocycles.